The Morgan fingerprint density at radius 3 is 2.62 bits per heavy atom. The van der Waals surface area contributed by atoms with Crippen LogP contribution in [0.5, 0.6) is 0 Å². The maximum absolute atomic E-state index is 12.5. The number of likely N-dealkylation sites (tertiary alicyclic amines) is 1. The van der Waals surface area contributed by atoms with Gasteiger partial charge in [-0.1, -0.05) is 20.8 Å². The van der Waals surface area contributed by atoms with Crippen LogP contribution < -0.4 is 5.32 Å². The molecule has 6 heteroatoms. The van der Waals surface area contributed by atoms with Crippen LogP contribution in [0, 0.1) is 5.41 Å². The van der Waals surface area contributed by atoms with Gasteiger partial charge in [-0.2, -0.15) is 0 Å². The third-order valence-corrected chi connectivity index (χ3v) is 4.91. The first-order valence-corrected chi connectivity index (χ1v) is 9.15. The average Bonchev–Trinajstić information content (AvgIpc) is 3.04. The van der Waals surface area contributed by atoms with Crippen LogP contribution in [0.3, 0.4) is 0 Å². The summed E-state index contributed by atoms with van der Waals surface area (Å²) >= 11 is 0. The highest BCUT2D eigenvalue weighted by molar-refractivity contribution is 5.81. The Hall–Kier alpha value is -1.14. The molecule has 6 nitrogen and oxygen atoms in total. The molecular weight excluding hydrogens is 306 g/mol. The second-order valence-electron chi connectivity index (χ2n) is 8.14. The molecule has 2 saturated heterocycles. The molecule has 24 heavy (non-hydrogen) atoms. The molecule has 138 valence electrons. The first-order valence-electron chi connectivity index (χ1n) is 9.15. The van der Waals surface area contributed by atoms with Crippen LogP contribution in [0.1, 0.15) is 46.5 Å². The molecule has 0 aromatic rings. The number of nitrogens with zero attached hydrogens (tertiary/aromatic N) is 2. The van der Waals surface area contributed by atoms with E-state index in [1.165, 1.54) is 0 Å². The minimum absolute atomic E-state index is 0.0518. The van der Waals surface area contributed by atoms with E-state index in [0.717, 1.165) is 45.4 Å². The lowest BCUT2D eigenvalue weighted by molar-refractivity contribution is -0.141. The zero-order valence-electron chi connectivity index (χ0n) is 15.6. The molecule has 0 aliphatic carbocycles. The standard InChI is InChI=1S/C18H33N3O3/c1-18(2,3)17(23)20(4)14-7-5-9-21(12-14)13-16(22)19-11-15-8-6-10-24-15/h14-15H,5-13H2,1-4H3,(H,19,22). The third-order valence-electron chi connectivity index (χ3n) is 4.91. The molecule has 2 heterocycles. The van der Waals surface area contributed by atoms with Crippen molar-refractivity contribution in [3.05, 3.63) is 0 Å². The molecule has 2 fully saturated rings. The molecule has 2 aliphatic rings. The SMILES string of the molecule is CN(C(=O)C(C)(C)C)C1CCCN(CC(=O)NCC2CCCO2)C1. The number of rotatable bonds is 5. The summed E-state index contributed by atoms with van der Waals surface area (Å²) in [5.41, 5.74) is -0.365. The van der Waals surface area contributed by atoms with Crippen LogP contribution in [0.15, 0.2) is 0 Å². The molecule has 2 unspecified atom stereocenters. The average molecular weight is 339 g/mol. The van der Waals surface area contributed by atoms with Crippen LogP contribution in [-0.4, -0.2) is 73.6 Å². The van der Waals surface area contributed by atoms with Crippen molar-refractivity contribution in [1.29, 1.82) is 0 Å². The topological polar surface area (TPSA) is 61.9 Å². The van der Waals surface area contributed by atoms with Gasteiger partial charge in [0.1, 0.15) is 0 Å². The molecular formula is C18H33N3O3. The molecule has 0 saturated carbocycles. The predicted octanol–water partition coefficient (Wildman–Crippen LogP) is 1.25. The van der Waals surface area contributed by atoms with E-state index in [1.54, 1.807) is 0 Å². The number of amides is 2. The molecule has 0 radical (unpaired) electrons. The van der Waals surface area contributed by atoms with Crippen molar-refractivity contribution >= 4 is 11.8 Å². The molecule has 0 spiro atoms. The lowest BCUT2D eigenvalue weighted by Crippen LogP contribution is -2.52. The molecule has 0 aromatic carbocycles. The van der Waals surface area contributed by atoms with Gasteiger partial charge < -0.3 is 15.0 Å². The summed E-state index contributed by atoms with van der Waals surface area (Å²) < 4.78 is 5.53. The van der Waals surface area contributed by atoms with Gasteiger partial charge in [-0.15, -0.1) is 0 Å². The van der Waals surface area contributed by atoms with E-state index in [-0.39, 0.29) is 29.4 Å². The van der Waals surface area contributed by atoms with Crippen molar-refractivity contribution in [2.24, 2.45) is 5.41 Å². The van der Waals surface area contributed by atoms with Crippen molar-refractivity contribution in [2.75, 3.05) is 39.8 Å². The molecule has 0 bridgehead atoms. The Balaban J connectivity index is 1.77. The zero-order valence-corrected chi connectivity index (χ0v) is 15.6. The Morgan fingerprint density at radius 2 is 2.00 bits per heavy atom. The molecule has 2 amide bonds. The fourth-order valence-electron chi connectivity index (χ4n) is 3.48. The van der Waals surface area contributed by atoms with Crippen molar-refractivity contribution in [3.8, 4) is 0 Å². The van der Waals surface area contributed by atoms with E-state index in [1.807, 2.05) is 32.7 Å². The Bertz CT molecular complexity index is 441. The molecule has 0 aromatic heterocycles. The van der Waals surface area contributed by atoms with E-state index in [2.05, 4.69) is 10.2 Å². The van der Waals surface area contributed by atoms with Crippen molar-refractivity contribution in [2.45, 2.75) is 58.6 Å². The van der Waals surface area contributed by atoms with Crippen LogP contribution in [0.4, 0.5) is 0 Å². The lowest BCUT2D eigenvalue weighted by Gasteiger charge is -2.39. The third kappa shape index (κ3) is 5.45. The number of piperidine rings is 1. The lowest BCUT2D eigenvalue weighted by atomic mass is 9.93. The number of carbonyl (C=O) groups is 2. The second-order valence-corrected chi connectivity index (χ2v) is 8.14. The summed E-state index contributed by atoms with van der Waals surface area (Å²) in [5.74, 6) is 0.216. The minimum Gasteiger partial charge on any atom is -0.376 e. The Labute approximate surface area is 145 Å². The van der Waals surface area contributed by atoms with Gasteiger partial charge in [0.25, 0.3) is 0 Å². The highest BCUT2D eigenvalue weighted by Gasteiger charge is 2.32. The quantitative estimate of drug-likeness (QED) is 0.819. The van der Waals surface area contributed by atoms with Crippen molar-refractivity contribution < 1.29 is 14.3 Å². The number of carbonyl (C=O) groups excluding carboxylic acids is 2. The van der Waals surface area contributed by atoms with Crippen LogP contribution in [-0.2, 0) is 14.3 Å². The van der Waals surface area contributed by atoms with Crippen LogP contribution >= 0.6 is 0 Å². The highest BCUT2D eigenvalue weighted by atomic mass is 16.5. The smallest absolute Gasteiger partial charge is 0.234 e. The first-order chi connectivity index (χ1) is 11.3. The number of ether oxygens (including phenoxy) is 1. The number of likely N-dealkylation sites (N-methyl/N-ethyl adjacent to an activating group) is 1. The molecule has 1 N–H and O–H groups in total. The number of hydrogen-bond acceptors (Lipinski definition) is 4. The fraction of sp³-hybridized carbons (Fsp3) is 0.889. The predicted molar refractivity (Wildman–Crippen MR) is 93.7 cm³/mol. The van der Waals surface area contributed by atoms with E-state index in [4.69, 9.17) is 4.74 Å². The monoisotopic (exact) mass is 339 g/mol. The van der Waals surface area contributed by atoms with Crippen molar-refractivity contribution in [1.82, 2.24) is 15.1 Å². The molecule has 2 atom stereocenters. The van der Waals surface area contributed by atoms with Crippen LogP contribution in [0.2, 0.25) is 0 Å². The Morgan fingerprint density at radius 1 is 1.25 bits per heavy atom. The number of nitrogens with one attached hydrogen (secondary N) is 1. The summed E-state index contributed by atoms with van der Waals surface area (Å²) in [7, 11) is 1.89. The van der Waals surface area contributed by atoms with Gasteiger partial charge in [0.15, 0.2) is 0 Å². The van der Waals surface area contributed by atoms with Gasteiger partial charge in [0, 0.05) is 38.2 Å². The normalized spacial score (nSPS) is 25.5. The summed E-state index contributed by atoms with van der Waals surface area (Å²) in [6, 6.07) is 0.191. The molecule has 2 rings (SSSR count). The van der Waals surface area contributed by atoms with E-state index in [9.17, 15) is 9.59 Å². The van der Waals surface area contributed by atoms with Gasteiger partial charge in [-0.05, 0) is 32.2 Å². The summed E-state index contributed by atoms with van der Waals surface area (Å²) in [6.45, 7) is 9.36. The fourth-order valence-corrected chi connectivity index (χ4v) is 3.48. The van der Waals surface area contributed by atoms with E-state index >= 15 is 0 Å². The van der Waals surface area contributed by atoms with Gasteiger partial charge in [0.05, 0.1) is 12.6 Å². The van der Waals surface area contributed by atoms with Gasteiger partial charge >= 0.3 is 0 Å². The van der Waals surface area contributed by atoms with E-state index < -0.39 is 0 Å². The zero-order chi connectivity index (χ0) is 17.7. The van der Waals surface area contributed by atoms with Crippen LogP contribution in [0.25, 0.3) is 0 Å². The maximum Gasteiger partial charge on any atom is 0.234 e. The largest absolute Gasteiger partial charge is 0.376 e. The maximum atomic E-state index is 12.5. The van der Waals surface area contributed by atoms with Crippen molar-refractivity contribution in [3.63, 3.8) is 0 Å². The Kier molecular flexibility index (Phi) is 6.63. The van der Waals surface area contributed by atoms with E-state index in [0.29, 0.717) is 13.1 Å². The first kappa shape index (κ1) is 19.2. The summed E-state index contributed by atoms with van der Waals surface area (Å²) in [4.78, 5) is 28.6. The highest BCUT2D eigenvalue weighted by Crippen LogP contribution is 2.22. The summed E-state index contributed by atoms with van der Waals surface area (Å²) in [6.07, 6.45) is 4.32. The number of hydrogen-bond donors (Lipinski definition) is 1. The van der Waals surface area contributed by atoms with Gasteiger partial charge in [-0.3, -0.25) is 14.5 Å². The van der Waals surface area contributed by atoms with Gasteiger partial charge in [-0.25, -0.2) is 0 Å². The summed E-state index contributed by atoms with van der Waals surface area (Å²) in [5, 5.41) is 2.98. The second kappa shape index (κ2) is 8.30. The minimum atomic E-state index is -0.365. The van der Waals surface area contributed by atoms with Gasteiger partial charge in [0.2, 0.25) is 11.8 Å². The molecule has 2 aliphatic heterocycles.